The zero-order valence-corrected chi connectivity index (χ0v) is 9.12. The Morgan fingerprint density at radius 1 is 1.29 bits per heavy atom. The van der Waals surface area contributed by atoms with Crippen molar-refractivity contribution in [3.05, 3.63) is 42.4 Å². The molecule has 0 aliphatic carbocycles. The molecule has 1 aromatic carbocycles. The maximum atomic E-state index is 10.4. The third-order valence-corrected chi connectivity index (χ3v) is 2.05. The fourth-order valence-corrected chi connectivity index (χ4v) is 1.40. The smallest absolute Gasteiger partial charge is 0.331 e. The third kappa shape index (κ3) is 2.78. The molecule has 2 aromatic rings. The van der Waals surface area contributed by atoms with Gasteiger partial charge in [0, 0.05) is 18.5 Å². The molecular formula is C12H10N2O3. The van der Waals surface area contributed by atoms with Crippen molar-refractivity contribution >= 4 is 17.0 Å². The summed E-state index contributed by atoms with van der Waals surface area (Å²) in [4.78, 5) is 18.7. The number of nitrogens with zero attached hydrogens (tertiary/aromatic N) is 2. The number of hydrogen-bond acceptors (Lipinski definition) is 4. The quantitative estimate of drug-likeness (QED) is 0.644. The third-order valence-electron chi connectivity index (χ3n) is 2.05. The van der Waals surface area contributed by atoms with Crippen molar-refractivity contribution in [3.63, 3.8) is 0 Å². The van der Waals surface area contributed by atoms with Crippen LogP contribution in [0.25, 0.3) is 11.0 Å². The lowest BCUT2D eigenvalue weighted by molar-refractivity contribution is -0.131. The molecule has 0 unspecified atom stereocenters. The van der Waals surface area contributed by atoms with Crippen molar-refractivity contribution in [1.29, 1.82) is 0 Å². The summed E-state index contributed by atoms with van der Waals surface area (Å²) in [6.07, 6.45) is 4.20. The van der Waals surface area contributed by atoms with Crippen LogP contribution in [-0.2, 0) is 4.79 Å². The van der Waals surface area contributed by atoms with Gasteiger partial charge in [0.2, 0.25) is 0 Å². The fourth-order valence-electron chi connectivity index (χ4n) is 1.40. The van der Waals surface area contributed by atoms with Gasteiger partial charge in [0.1, 0.15) is 11.5 Å². The van der Waals surface area contributed by atoms with Crippen LogP contribution < -0.4 is 4.74 Å². The number of allylic oxidation sites excluding steroid dienone is 1. The zero-order valence-electron chi connectivity index (χ0n) is 9.12. The molecule has 5 nitrogen and oxygen atoms in total. The summed E-state index contributed by atoms with van der Waals surface area (Å²) in [6, 6.07) is 5.20. The number of aromatic nitrogens is 2. The Kier molecular flexibility index (Phi) is 3.00. The number of carboxylic acids is 1. The Labute approximate surface area is 97.4 Å². The molecule has 0 radical (unpaired) electrons. The molecule has 86 valence electrons. The van der Waals surface area contributed by atoms with Crippen molar-refractivity contribution in [2.24, 2.45) is 0 Å². The van der Waals surface area contributed by atoms with Gasteiger partial charge in [-0.25, -0.2) is 4.79 Å². The molecule has 0 aliphatic heterocycles. The van der Waals surface area contributed by atoms with E-state index in [9.17, 15) is 4.79 Å². The highest BCUT2D eigenvalue weighted by Gasteiger charge is 2.01. The maximum absolute atomic E-state index is 10.4. The lowest BCUT2D eigenvalue weighted by Crippen LogP contribution is -1.96. The van der Waals surface area contributed by atoms with Crippen molar-refractivity contribution < 1.29 is 14.6 Å². The fraction of sp³-hybridized carbons (Fsp3) is 0.0833. The first-order valence-corrected chi connectivity index (χ1v) is 4.95. The summed E-state index contributed by atoms with van der Waals surface area (Å²) in [6.45, 7) is 1.58. The van der Waals surface area contributed by atoms with Crippen LogP contribution in [0, 0.1) is 0 Å². The standard InChI is InChI=1S/C12H10N2O3/c1-8(6-12(15)16)17-9-2-3-10-11(7-9)14-5-4-13-10/h2-7H,1H3,(H,15,16)/b8-6+. The second kappa shape index (κ2) is 4.61. The minimum Gasteiger partial charge on any atom is -0.478 e. The van der Waals surface area contributed by atoms with E-state index in [0.29, 0.717) is 17.0 Å². The first-order valence-electron chi connectivity index (χ1n) is 4.95. The molecule has 0 bridgehead atoms. The summed E-state index contributed by atoms with van der Waals surface area (Å²) < 4.78 is 5.35. The van der Waals surface area contributed by atoms with Crippen molar-refractivity contribution in [3.8, 4) is 5.75 Å². The van der Waals surface area contributed by atoms with Gasteiger partial charge in [-0.3, -0.25) is 9.97 Å². The van der Waals surface area contributed by atoms with E-state index in [-0.39, 0.29) is 0 Å². The number of carboxylic acid groups (broad SMARTS) is 1. The summed E-state index contributed by atoms with van der Waals surface area (Å²) in [5.74, 6) is -0.197. The molecule has 0 fully saturated rings. The van der Waals surface area contributed by atoms with Gasteiger partial charge in [0.05, 0.1) is 17.1 Å². The predicted octanol–water partition coefficient (Wildman–Crippen LogP) is 2.00. The van der Waals surface area contributed by atoms with Gasteiger partial charge in [-0.05, 0) is 19.1 Å². The Bertz CT molecular complexity index is 593. The van der Waals surface area contributed by atoms with Crippen LogP contribution in [0.15, 0.2) is 42.4 Å². The topological polar surface area (TPSA) is 72.3 Å². The van der Waals surface area contributed by atoms with E-state index in [0.717, 1.165) is 11.6 Å². The second-order valence-corrected chi connectivity index (χ2v) is 3.40. The minimum atomic E-state index is -1.04. The van der Waals surface area contributed by atoms with Crippen molar-refractivity contribution in [2.45, 2.75) is 6.92 Å². The van der Waals surface area contributed by atoms with Gasteiger partial charge >= 0.3 is 5.97 Å². The number of ether oxygens (including phenoxy) is 1. The summed E-state index contributed by atoms with van der Waals surface area (Å²) >= 11 is 0. The van der Waals surface area contributed by atoms with E-state index in [1.54, 1.807) is 37.5 Å². The molecule has 2 rings (SSSR count). The number of carbonyl (C=O) groups is 1. The first-order chi connectivity index (χ1) is 8.15. The molecular weight excluding hydrogens is 220 g/mol. The molecule has 0 saturated carbocycles. The van der Waals surface area contributed by atoms with Crippen LogP contribution in [0.4, 0.5) is 0 Å². The van der Waals surface area contributed by atoms with E-state index in [2.05, 4.69) is 9.97 Å². The summed E-state index contributed by atoms with van der Waals surface area (Å²) in [5, 5.41) is 8.55. The Hall–Kier alpha value is -2.43. The zero-order chi connectivity index (χ0) is 12.3. The highest BCUT2D eigenvalue weighted by Crippen LogP contribution is 2.19. The van der Waals surface area contributed by atoms with Crippen LogP contribution in [0.1, 0.15) is 6.92 Å². The van der Waals surface area contributed by atoms with Crippen LogP contribution >= 0.6 is 0 Å². The average Bonchev–Trinajstić information content (AvgIpc) is 2.27. The molecule has 0 atom stereocenters. The normalized spacial score (nSPS) is 11.5. The lowest BCUT2D eigenvalue weighted by atomic mass is 10.3. The Balaban J connectivity index is 2.28. The monoisotopic (exact) mass is 230 g/mol. The molecule has 0 saturated heterocycles. The molecule has 1 N–H and O–H groups in total. The molecule has 1 heterocycles. The van der Waals surface area contributed by atoms with Crippen LogP contribution in [-0.4, -0.2) is 21.0 Å². The number of aliphatic carboxylic acids is 1. The molecule has 0 amide bonds. The predicted molar refractivity (Wildman–Crippen MR) is 61.6 cm³/mol. The highest BCUT2D eigenvalue weighted by molar-refractivity contribution is 5.80. The number of hydrogen-bond donors (Lipinski definition) is 1. The Morgan fingerprint density at radius 3 is 2.71 bits per heavy atom. The molecule has 0 spiro atoms. The SMILES string of the molecule is C/C(=C\C(=O)O)Oc1ccc2nccnc2c1. The molecule has 1 aromatic heterocycles. The Morgan fingerprint density at radius 2 is 2.00 bits per heavy atom. The van der Waals surface area contributed by atoms with E-state index in [1.165, 1.54) is 0 Å². The van der Waals surface area contributed by atoms with Crippen LogP contribution in [0.3, 0.4) is 0 Å². The van der Waals surface area contributed by atoms with Crippen LogP contribution in [0.2, 0.25) is 0 Å². The van der Waals surface area contributed by atoms with Gasteiger partial charge in [-0.15, -0.1) is 0 Å². The van der Waals surface area contributed by atoms with Gasteiger partial charge in [-0.1, -0.05) is 0 Å². The molecule has 5 heteroatoms. The molecule has 17 heavy (non-hydrogen) atoms. The minimum absolute atomic E-state index is 0.306. The summed E-state index contributed by atoms with van der Waals surface area (Å²) in [7, 11) is 0. The van der Waals surface area contributed by atoms with E-state index in [4.69, 9.17) is 9.84 Å². The number of fused-ring (bicyclic) bond motifs is 1. The van der Waals surface area contributed by atoms with E-state index >= 15 is 0 Å². The average molecular weight is 230 g/mol. The van der Waals surface area contributed by atoms with Gasteiger partial charge < -0.3 is 9.84 Å². The van der Waals surface area contributed by atoms with Crippen LogP contribution in [0.5, 0.6) is 5.75 Å². The first kappa shape index (κ1) is 11.1. The number of benzene rings is 1. The maximum Gasteiger partial charge on any atom is 0.331 e. The largest absolute Gasteiger partial charge is 0.478 e. The van der Waals surface area contributed by atoms with E-state index < -0.39 is 5.97 Å². The van der Waals surface area contributed by atoms with E-state index in [1.807, 2.05) is 0 Å². The summed E-state index contributed by atoms with van der Waals surface area (Å²) in [5.41, 5.74) is 1.47. The van der Waals surface area contributed by atoms with Crippen molar-refractivity contribution in [2.75, 3.05) is 0 Å². The molecule has 0 aliphatic rings. The van der Waals surface area contributed by atoms with Gasteiger partial charge in [0.25, 0.3) is 0 Å². The number of rotatable bonds is 3. The second-order valence-electron chi connectivity index (χ2n) is 3.40. The lowest BCUT2D eigenvalue weighted by Gasteiger charge is -2.05. The highest BCUT2D eigenvalue weighted by atomic mass is 16.5. The van der Waals surface area contributed by atoms with Gasteiger partial charge in [0.15, 0.2) is 0 Å². The van der Waals surface area contributed by atoms with Crippen molar-refractivity contribution in [1.82, 2.24) is 9.97 Å². The van der Waals surface area contributed by atoms with Gasteiger partial charge in [-0.2, -0.15) is 0 Å².